The van der Waals surface area contributed by atoms with Gasteiger partial charge in [-0.25, -0.2) is 0 Å². The van der Waals surface area contributed by atoms with E-state index in [0.29, 0.717) is 0 Å². The Labute approximate surface area is 235 Å². The third-order valence-corrected chi connectivity index (χ3v) is 7.88. The Morgan fingerprint density at radius 2 is 1.08 bits per heavy atom. The van der Waals surface area contributed by atoms with Gasteiger partial charge in [-0.2, -0.15) is 0 Å². The van der Waals surface area contributed by atoms with Crippen LogP contribution in [0, 0.1) is 13.8 Å². The molecule has 3 aromatic carbocycles. The molecule has 2 heterocycles. The van der Waals surface area contributed by atoms with E-state index in [1.807, 2.05) is 0 Å². The van der Waals surface area contributed by atoms with Crippen molar-refractivity contribution in [2.75, 3.05) is 26.2 Å². The molecular weight excluding hydrogens is 492 g/mol. The van der Waals surface area contributed by atoms with Crippen LogP contribution in [0.3, 0.4) is 0 Å². The highest BCUT2D eigenvalue weighted by Crippen LogP contribution is 2.27. The molecule has 2 aliphatic rings. The first-order valence-corrected chi connectivity index (χ1v) is 13.8. The maximum absolute atomic E-state index is 10.9. The monoisotopic (exact) mass is 536 g/mol. The zero-order chi connectivity index (χ0) is 26.1. The van der Waals surface area contributed by atoms with Crippen molar-refractivity contribution >= 4 is 12.4 Å². The van der Waals surface area contributed by atoms with Crippen molar-refractivity contribution in [3.8, 4) is 0 Å². The summed E-state index contributed by atoms with van der Waals surface area (Å²) in [7, 11) is 0. The van der Waals surface area contributed by atoms with E-state index >= 15 is 0 Å². The molecule has 0 unspecified atom stereocenters. The average molecular weight is 537 g/mol. The third kappa shape index (κ3) is 9.52. The summed E-state index contributed by atoms with van der Waals surface area (Å²) in [5.41, 5.74) is 5.36. The number of likely N-dealkylation sites (tertiary alicyclic amines) is 1. The molecule has 0 spiro atoms. The van der Waals surface area contributed by atoms with Crippen molar-refractivity contribution in [2.45, 2.75) is 70.1 Å². The van der Waals surface area contributed by atoms with Gasteiger partial charge in [0.05, 0.1) is 11.2 Å². The Kier molecular flexibility index (Phi) is 11.4. The van der Waals surface area contributed by atoms with E-state index < -0.39 is 11.2 Å². The van der Waals surface area contributed by atoms with Crippen LogP contribution in [0.25, 0.3) is 0 Å². The fourth-order valence-corrected chi connectivity index (χ4v) is 5.39. The largest absolute Gasteiger partial charge is 0.389 e. The number of benzene rings is 3. The van der Waals surface area contributed by atoms with Crippen molar-refractivity contribution in [1.82, 2.24) is 10.2 Å². The lowest BCUT2D eigenvalue weighted by Crippen LogP contribution is -2.45. The van der Waals surface area contributed by atoms with E-state index in [9.17, 15) is 10.2 Å². The Morgan fingerprint density at radius 3 is 1.55 bits per heavy atom. The van der Waals surface area contributed by atoms with Gasteiger partial charge in [-0.3, -0.25) is 4.90 Å². The Bertz CT molecular complexity index is 1070. The molecule has 0 aromatic heterocycles. The molecule has 0 bridgehead atoms. The first-order chi connectivity index (χ1) is 17.8. The maximum Gasteiger partial charge on any atom is 0.0712 e. The van der Waals surface area contributed by atoms with Crippen molar-refractivity contribution in [1.29, 1.82) is 0 Å². The molecule has 38 heavy (non-hydrogen) atoms. The summed E-state index contributed by atoms with van der Waals surface area (Å²) in [5, 5.41) is 24.5. The molecule has 4 nitrogen and oxygen atoms in total. The molecule has 0 saturated carbocycles. The van der Waals surface area contributed by atoms with Gasteiger partial charge in [0.15, 0.2) is 0 Å². The van der Waals surface area contributed by atoms with Crippen LogP contribution in [-0.4, -0.2) is 52.5 Å². The summed E-state index contributed by atoms with van der Waals surface area (Å²) in [6.45, 7) is 8.98. The van der Waals surface area contributed by atoms with Gasteiger partial charge < -0.3 is 15.5 Å². The lowest BCUT2D eigenvalue weighted by molar-refractivity contribution is -0.0224. The average Bonchev–Trinajstić information content (AvgIpc) is 2.90. The molecule has 5 heteroatoms. The summed E-state index contributed by atoms with van der Waals surface area (Å²) < 4.78 is 0. The molecule has 2 fully saturated rings. The minimum absolute atomic E-state index is 0. The van der Waals surface area contributed by atoms with Crippen molar-refractivity contribution in [2.24, 2.45) is 0 Å². The zero-order valence-electron chi connectivity index (χ0n) is 23.0. The van der Waals surface area contributed by atoms with Gasteiger partial charge in [0.2, 0.25) is 0 Å². The topological polar surface area (TPSA) is 55.7 Å². The van der Waals surface area contributed by atoms with Crippen LogP contribution in [0.15, 0.2) is 78.9 Å². The quantitative estimate of drug-likeness (QED) is 0.382. The van der Waals surface area contributed by atoms with Crippen molar-refractivity contribution in [3.63, 3.8) is 0 Å². The lowest BCUT2D eigenvalue weighted by atomic mass is 9.85. The number of aliphatic hydroxyl groups is 2. The van der Waals surface area contributed by atoms with Crippen LogP contribution in [0.2, 0.25) is 0 Å². The van der Waals surface area contributed by atoms with Gasteiger partial charge in [-0.1, -0.05) is 90.0 Å². The molecule has 2 saturated heterocycles. The second-order valence-corrected chi connectivity index (χ2v) is 11.3. The van der Waals surface area contributed by atoms with Gasteiger partial charge in [0.25, 0.3) is 0 Å². The smallest absolute Gasteiger partial charge is 0.0712 e. The molecule has 0 amide bonds. The van der Waals surface area contributed by atoms with E-state index in [0.717, 1.165) is 71.2 Å². The standard InChI is InChI=1S/C20H25NO.C13H19NO.ClH/c1-17-7-9-18(10-8-17)15-20(22)11-13-21(14-12-20)16-19-5-3-2-4-6-19;1-11-2-4-12(5-3-11)10-13(15)6-8-14-9-7-13;/h2-10,22H,11-16H2,1H3;2-5,14-15H,6-10H2,1H3;1H. The molecule has 206 valence electrons. The Balaban J connectivity index is 0.000000220. The minimum Gasteiger partial charge on any atom is -0.389 e. The molecule has 0 radical (unpaired) electrons. The lowest BCUT2D eigenvalue weighted by Gasteiger charge is -2.38. The van der Waals surface area contributed by atoms with Crippen LogP contribution in [0.4, 0.5) is 0 Å². The number of rotatable bonds is 6. The number of hydrogen-bond donors (Lipinski definition) is 3. The van der Waals surface area contributed by atoms with E-state index in [1.165, 1.54) is 27.8 Å². The van der Waals surface area contributed by atoms with Gasteiger partial charge in [-0.05, 0) is 69.3 Å². The molecule has 3 aromatic rings. The van der Waals surface area contributed by atoms with Gasteiger partial charge >= 0.3 is 0 Å². The first-order valence-electron chi connectivity index (χ1n) is 13.8. The van der Waals surface area contributed by atoms with Crippen molar-refractivity contribution < 1.29 is 10.2 Å². The maximum atomic E-state index is 10.9. The Hall–Kier alpha value is -2.21. The van der Waals surface area contributed by atoms with Crippen LogP contribution in [-0.2, 0) is 19.4 Å². The van der Waals surface area contributed by atoms with Crippen LogP contribution in [0.5, 0.6) is 0 Å². The fourth-order valence-electron chi connectivity index (χ4n) is 5.39. The van der Waals surface area contributed by atoms with Crippen LogP contribution >= 0.6 is 12.4 Å². The van der Waals surface area contributed by atoms with E-state index in [2.05, 4.69) is 103 Å². The van der Waals surface area contributed by atoms with Crippen molar-refractivity contribution in [3.05, 3.63) is 107 Å². The molecule has 2 aliphatic heterocycles. The highest BCUT2D eigenvalue weighted by molar-refractivity contribution is 5.85. The summed E-state index contributed by atoms with van der Waals surface area (Å²) in [6, 6.07) is 27.6. The number of halogens is 1. The van der Waals surface area contributed by atoms with E-state index in [1.54, 1.807) is 0 Å². The summed E-state index contributed by atoms with van der Waals surface area (Å²) in [4.78, 5) is 2.44. The Morgan fingerprint density at radius 1 is 0.632 bits per heavy atom. The normalized spacial score (nSPS) is 18.5. The predicted octanol–water partition coefficient (Wildman–Crippen LogP) is 5.64. The second kappa shape index (κ2) is 14.3. The van der Waals surface area contributed by atoms with Gasteiger partial charge in [0.1, 0.15) is 0 Å². The number of aryl methyl sites for hydroxylation is 2. The molecule has 3 N–H and O–H groups in total. The number of hydrogen-bond acceptors (Lipinski definition) is 4. The van der Waals surface area contributed by atoms with Gasteiger partial charge in [-0.15, -0.1) is 12.4 Å². The number of piperidine rings is 2. The summed E-state index contributed by atoms with van der Waals surface area (Å²) in [5.74, 6) is 0. The first kappa shape index (κ1) is 30.3. The highest BCUT2D eigenvalue weighted by Gasteiger charge is 2.32. The molecule has 0 atom stereocenters. The molecule has 0 aliphatic carbocycles. The third-order valence-electron chi connectivity index (χ3n) is 7.88. The van der Waals surface area contributed by atoms with Crippen LogP contribution in [0.1, 0.15) is 53.5 Å². The summed E-state index contributed by atoms with van der Waals surface area (Å²) in [6.07, 6.45) is 4.99. The van der Waals surface area contributed by atoms with E-state index in [-0.39, 0.29) is 12.4 Å². The molecule has 5 rings (SSSR count). The van der Waals surface area contributed by atoms with E-state index in [4.69, 9.17) is 0 Å². The van der Waals surface area contributed by atoms with Crippen LogP contribution < -0.4 is 5.32 Å². The summed E-state index contributed by atoms with van der Waals surface area (Å²) >= 11 is 0. The predicted molar refractivity (Wildman–Crippen MR) is 160 cm³/mol. The van der Waals surface area contributed by atoms with Gasteiger partial charge in [0, 0.05) is 32.5 Å². The zero-order valence-corrected chi connectivity index (χ0v) is 23.9. The molecular formula is C33H45ClN2O2. The highest BCUT2D eigenvalue weighted by atomic mass is 35.5. The SMILES string of the molecule is Cc1ccc(CC2(O)CCN(Cc3ccccc3)CC2)cc1.Cc1ccc(CC2(O)CCNCC2)cc1.Cl. The fraction of sp³-hybridized carbons (Fsp3) is 0.455. The minimum atomic E-state index is -0.539. The number of nitrogens with one attached hydrogen (secondary N) is 1. The number of nitrogens with zero attached hydrogens (tertiary/aromatic N) is 1. The second-order valence-electron chi connectivity index (χ2n) is 11.3.